The summed E-state index contributed by atoms with van der Waals surface area (Å²) in [6.07, 6.45) is 13.0. The monoisotopic (exact) mass is 273 g/mol. The maximum Gasteiger partial charge on any atom is 0.246 e. The van der Waals surface area contributed by atoms with E-state index >= 15 is 0 Å². The van der Waals surface area contributed by atoms with Crippen LogP contribution in [0.2, 0.25) is 0 Å². The van der Waals surface area contributed by atoms with E-state index in [9.17, 15) is 4.79 Å². The van der Waals surface area contributed by atoms with Crippen LogP contribution in [0.1, 0.15) is 40.0 Å². The molecule has 1 saturated heterocycles. The predicted molar refractivity (Wildman–Crippen MR) is 86.4 cm³/mol. The number of hydrogen-bond acceptors (Lipinski definition) is 1. The zero-order valence-electron chi connectivity index (χ0n) is 13.1. The maximum absolute atomic E-state index is 11.8. The van der Waals surface area contributed by atoms with Crippen molar-refractivity contribution in [2.24, 2.45) is 5.92 Å². The number of piperidine rings is 1. The van der Waals surface area contributed by atoms with Crippen LogP contribution in [0.4, 0.5) is 0 Å². The van der Waals surface area contributed by atoms with Crippen LogP contribution in [0, 0.1) is 5.92 Å². The van der Waals surface area contributed by atoms with Gasteiger partial charge in [0.15, 0.2) is 0 Å². The van der Waals surface area contributed by atoms with Crippen molar-refractivity contribution < 1.29 is 4.79 Å². The molecule has 110 valence electrons. The molecule has 1 aliphatic rings. The Morgan fingerprint density at radius 2 is 1.95 bits per heavy atom. The Bertz CT molecular complexity index is 421. The molecule has 0 aromatic heterocycles. The molecule has 20 heavy (non-hydrogen) atoms. The van der Waals surface area contributed by atoms with Gasteiger partial charge in [0.25, 0.3) is 0 Å². The van der Waals surface area contributed by atoms with Gasteiger partial charge in [-0.05, 0) is 50.7 Å². The van der Waals surface area contributed by atoms with Crippen molar-refractivity contribution in [1.82, 2.24) is 4.90 Å². The molecule has 1 rings (SSSR count). The lowest BCUT2D eigenvalue weighted by atomic mass is 9.87. The molecule has 0 spiro atoms. The van der Waals surface area contributed by atoms with Crippen LogP contribution in [0.25, 0.3) is 0 Å². The first-order valence-electron chi connectivity index (χ1n) is 7.57. The second kappa shape index (κ2) is 8.57. The Labute approximate surface area is 123 Å². The second-order valence-corrected chi connectivity index (χ2v) is 5.17. The van der Waals surface area contributed by atoms with Crippen LogP contribution in [0.15, 0.2) is 48.1 Å². The average molecular weight is 273 g/mol. The predicted octanol–water partition coefficient (Wildman–Crippen LogP) is 4.27. The minimum atomic E-state index is 0.137. The first-order chi connectivity index (χ1) is 9.65. The van der Waals surface area contributed by atoms with Crippen molar-refractivity contribution in [1.29, 1.82) is 0 Å². The smallest absolute Gasteiger partial charge is 0.246 e. The Morgan fingerprint density at radius 3 is 2.40 bits per heavy atom. The summed E-state index contributed by atoms with van der Waals surface area (Å²) in [7, 11) is 0. The summed E-state index contributed by atoms with van der Waals surface area (Å²) in [4.78, 5) is 13.7. The highest BCUT2D eigenvalue weighted by molar-refractivity contribution is 5.87. The van der Waals surface area contributed by atoms with E-state index in [0.29, 0.717) is 5.92 Å². The fourth-order valence-electron chi connectivity index (χ4n) is 2.63. The van der Waals surface area contributed by atoms with Gasteiger partial charge in [0.2, 0.25) is 5.91 Å². The number of nitrogens with zero attached hydrogens (tertiary/aromatic N) is 1. The third-order valence-electron chi connectivity index (χ3n) is 3.95. The van der Waals surface area contributed by atoms with Crippen molar-refractivity contribution in [2.45, 2.75) is 40.0 Å². The lowest BCUT2D eigenvalue weighted by Gasteiger charge is -2.32. The maximum atomic E-state index is 11.8. The standard InChI is InChI=1S/C18H27NO/c1-5-9-18(20)19-12-10-17(11-13-19)16(8-4)14-15(6-2)7-3/h5-6,8-9,14,17H,4,7,10-13H2,1-3H3/b9-5+,15-6-,16-14+. The molecule has 0 saturated carbocycles. The van der Waals surface area contributed by atoms with Crippen molar-refractivity contribution in [3.8, 4) is 0 Å². The molecule has 0 unspecified atom stereocenters. The Balaban J connectivity index is 2.67. The summed E-state index contributed by atoms with van der Waals surface area (Å²) in [5.41, 5.74) is 2.67. The number of rotatable bonds is 5. The van der Waals surface area contributed by atoms with Gasteiger partial charge in [-0.25, -0.2) is 0 Å². The van der Waals surface area contributed by atoms with Crippen LogP contribution >= 0.6 is 0 Å². The van der Waals surface area contributed by atoms with Crippen molar-refractivity contribution >= 4 is 5.91 Å². The number of carbonyl (C=O) groups excluding carboxylic acids is 1. The van der Waals surface area contributed by atoms with E-state index < -0.39 is 0 Å². The highest BCUT2D eigenvalue weighted by Gasteiger charge is 2.22. The summed E-state index contributed by atoms with van der Waals surface area (Å²) in [6, 6.07) is 0. The number of allylic oxidation sites excluding steroid dienone is 6. The Kier molecular flexibility index (Phi) is 7.06. The van der Waals surface area contributed by atoms with Gasteiger partial charge in [-0.15, -0.1) is 0 Å². The first-order valence-corrected chi connectivity index (χ1v) is 7.57. The molecule has 0 aromatic carbocycles. The van der Waals surface area contributed by atoms with Gasteiger partial charge in [0, 0.05) is 13.1 Å². The molecule has 2 heteroatoms. The molecule has 0 aromatic rings. The second-order valence-electron chi connectivity index (χ2n) is 5.17. The van der Waals surface area contributed by atoms with Crippen molar-refractivity contribution in [2.75, 3.05) is 13.1 Å². The fourth-order valence-corrected chi connectivity index (χ4v) is 2.63. The highest BCUT2D eigenvalue weighted by Crippen LogP contribution is 2.27. The van der Waals surface area contributed by atoms with E-state index in [-0.39, 0.29) is 5.91 Å². The van der Waals surface area contributed by atoms with E-state index in [1.807, 2.05) is 24.0 Å². The molecule has 0 bridgehead atoms. The van der Waals surface area contributed by atoms with E-state index in [4.69, 9.17) is 0 Å². The molecule has 1 heterocycles. The average Bonchev–Trinajstić information content (AvgIpc) is 2.49. The zero-order valence-corrected chi connectivity index (χ0v) is 13.1. The molecule has 0 N–H and O–H groups in total. The van der Waals surface area contributed by atoms with Crippen LogP contribution in [0.5, 0.6) is 0 Å². The van der Waals surface area contributed by atoms with Crippen LogP contribution in [-0.4, -0.2) is 23.9 Å². The zero-order chi connectivity index (χ0) is 15.0. The van der Waals surface area contributed by atoms with Gasteiger partial charge >= 0.3 is 0 Å². The first kappa shape index (κ1) is 16.5. The van der Waals surface area contributed by atoms with Crippen LogP contribution < -0.4 is 0 Å². The van der Waals surface area contributed by atoms with E-state index in [1.165, 1.54) is 11.1 Å². The molecule has 1 aliphatic heterocycles. The Morgan fingerprint density at radius 1 is 1.30 bits per heavy atom. The quantitative estimate of drug-likeness (QED) is 0.541. The molecule has 1 amide bonds. The number of carbonyl (C=O) groups is 1. The summed E-state index contributed by atoms with van der Waals surface area (Å²) in [5, 5.41) is 0. The van der Waals surface area contributed by atoms with Crippen molar-refractivity contribution in [3.63, 3.8) is 0 Å². The minimum Gasteiger partial charge on any atom is -0.339 e. The van der Waals surface area contributed by atoms with E-state index in [2.05, 4.69) is 32.6 Å². The van der Waals surface area contributed by atoms with E-state index in [1.54, 1.807) is 6.08 Å². The van der Waals surface area contributed by atoms with Gasteiger partial charge in [0.05, 0.1) is 0 Å². The third kappa shape index (κ3) is 4.52. The lowest BCUT2D eigenvalue weighted by Crippen LogP contribution is -2.37. The number of likely N-dealkylation sites (tertiary alicyclic amines) is 1. The highest BCUT2D eigenvalue weighted by atomic mass is 16.2. The van der Waals surface area contributed by atoms with Gasteiger partial charge in [-0.3, -0.25) is 4.79 Å². The normalized spacial score (nSPS) is 18.6. The van der Waals surface area contributed by atoms with E-state index in [0.717, 1.165) is 32.4 Å². The summed E-state index contributed by atoms with van der Waals surface area (Å²) >= 11 is 0. The fraction of sp³-hybridized carbons (Fsp3) is 0.500. The van der Waals surface area contributed by atoms with Gasteiger partial charge < -0.3 is 4.90 Å². The van der Waals surface area contributed by atoms with Gasteiger partial charge in [-0.2, -0.15) is 0 Å². The topological polar surface area (TPSA) is 20.3 Å². The van der Waals surface area contributed by atoms with Crippen LogP contribution in [0.3, 0.4) is 0 Å². The number of hydrogen-bond donors (Lipinski definition) is 0. The van der Waals surface area contributed by atoms with Gasteiger partial charge in [0.1, 0.15) is 0 Å². The summed E-state index contributed by atoms with van der Waals surface area (Å²) in [6.45, 7) is 11.8. The molecule has 0 atom stereocenters. The molecule has 1 fully saturated rings. The van der Waals surface area contributed by atoms with Crippen LogP contribution in [-0.2, 0) is 4.79 Å². The van der Waals surface area contributed by atoms with Crippen molar-refractivity contribution in [3.05, 3.63) is 48.1 Å². The molecule has 2 nitrogen and oxygen atoms in total. The molecular weight excluding hydrogens is 246 g/mol. The SMILES string of the molecule is C=C/C(=C\C(=C/C)CC)C1CCN(C(=O)/C=C/C)CC1. The largest absolute Gasteiger partial charge is 0.339 e. The molecular formula is C18H27NO. The lowest BCUT2D eigenvalue weighted by molar-refractivity contribution is -0.127. The molecule has 0 aliphatic carbocycles. The number of amides is 1. The summed E-state index contributed by atoms with van der Waals surface area (Å²) in [5.74, 6) is 0.668. The van der Waals surface area contributed by atoms with Gasteiger partial charge in [-0.1, -0.05) is 43.4 Å². The molecule has 0 radical (unpaired) electrons. The minimum absolute atomic E-state index is 0.137. The summed E-state index contributed by atoms with van der Waals surface area (Å²) < 4.78 is 0. The third-order valence-corrected chi connectivity index (χ3v) is 3.95. The Hall–Kier alpha value is -1.57.